The zero-order valence-electron chi connectivity index (χ0n) is 20.6. The third-order valence-electron chi connectivity index (χ3n) is 5.70. The quantitative estimate of drug-likeness (QED) is 0.227. The fraction of sp³-hybridized carbons (Fsp3) is 0.125. The predicted molar refractivity (Wildman–Crippen MR) is 141 cm³/mol. The number of nitrogens with zero attached hydrogens (tertiary/aromatic N) is 6. The molecule has 198 valence electrons. The first kappa shape index (κ1) is 25.4. The number of H-pyrrole nitrogens is 1. The number of aromatic nitrogens is 6. The molecule has 0 spiro atoms. The van der Waals surface area contributed by atoms with Gasteiger partial charge in [0.1, 0.15) is 16.8 Å². The van der Waals surface area contributed by atoms with Crippen molar-refractivity contribution in [3.05, 3.63) is 85.4 Å². The molecule has 39 heavy (non-hydrogen) atoms. The standard InChI is InChI=1S/C24H19ClN8O6/c1-12-7-20(27-22(34)15-9-18(38-2)19(39-3)10-17(15)33(36)37)32(30-12)24-28-21-16(23(35)29-24)11-26-31(21)14-6-4-5-13(25)8-14/h4-11H,1-3H3,(H,27,34)(H,28,29,35). The number of methoxy groups -OCH3 is 2. The number of hydrogen-bond donors (Lipinski definition) is 2. The van der Waals surface area contributed by atoms with Crippen LogP contribution in [-0.4, -0.2) is 54.6 Å². The van der Waals surface area contributed by atoms with E-state index in [1.54, 1.807) is 31.2 Å². The molecule has 5 aromatic rings. The van der Waals surface area contributed by atoms with Crippen molar-refractivity contribution in [1.82, 2.24) is 29.5 Å². The van der Waals surface area contributed by atoms with Crippen LogP contribution in [0.1, 0.15) is 16.1 Å². The van der Waals surface area contributed by atoms with Crippen molar-refractivity contribution in [2.45, 2.75) is 6.92 Å². The molecule has 5 rings (SSSR count). The van der Waals surface area contributed by atoms with Gasteiger partial charge in [0.05, 0.1) is 42.8 Å². The molecule has 0 unspecified atom stereocenters. The van der Waals surface area contributed by atoms with Crippen LogP contribution in [0, 0.1) is 17.0 Å². The number of hydrogen-bond acceptors (Lipinski definition) is 9. The molecule has 2 aromatic carbocycles. The third-order valence-corrected chi connectivity index (χ3v) is 5.93. The highest BCUT2D eigenvalue weighted by atomic mass is 35.5. The van der Waals surface area contributed by atoms with E-state index in [0.29, 0.717) is 16.4 Å². The molecule has 1 amide bonds. The minimum Gasteiger partial charge on any atom is -0.493 e. The third kappa shape index (κ3) is 4.64. The Labute approximate surface area is 223 Å². The highest BCUT2D eigenvalue weighted by molar-refractivity contribution is 6.30. The van der Waals surface area contributed by atoms with E-state index < -0.39 is 22.1 Å². The number of carbonyl (C=O) groups excluding carboxylic acids is 1. The van der Waals surface area contributed by atoms with Gasteiger partial charge in [0, 0.05) is 17.2 Å². The lowest BCUT2D eigenvalue weighted by Gasteiger charge is -2.12. The SMILES string of the molecule is COc1cc(C(=O)Nc2cc(C)nn2-c2nc3c(cnn3-c3cccc(Cl)c3)c(=O)[nH]2)c([N+](=O)[O-])cc1OC. The van der Waals surface area contributed by atoms with Crippen molar-refractivity contribution >= 4 is 40.0 Å². The van der Waals surface area contributed by atoms with Gasteiger partial charge >= 0.3 is 0 Å². The summed E-state index contributed by atoms with van der Waals surface area (Å²) < 4.78 is 13.0. The van der Waals surface area contributed by atoms with Crippen molar-refractivity contribution in [2.24, 2.45) is 0 Å². The molecule has 0 atom stereocenters. The number of halogens is 1. The number of nitrogens with one attached hydrogen (secondary N) is 2. The first-order chi connectivity index (χ1) is 18.7. The van der Waals surface area contributed by atoms with E-state index >= 15 is 0 Å². The van der Waals surface area contributed by atoms with Crippen molar-refractivity contribution in [3.63, 3.8) is 0 Å². The monoisotopic (exact) mass is 550 g/mol. The first-order valence-corrected chi connectivity index (χ1v) is 11.6. The summed E-state index contributed by atoms with van der Waals surface area (Å²) in [5, 5.41) is 23.6. The topological polar surface area (TPSA) is 172 Å². The summed E-state index contributed by atoms with van der Waals surface area (Å²) >= 11 is 6.12. The number of aromatic amines is 1. The average Bonchev–Trinajstić information content (AvgIpc) is 3.51. The van der Waals surface area contributed by atoms with Crippen LogP contribution in [0.3, 0.4) is 0 Å². The minimum atomic E-state index is -0.823. The van der Waals surface area contributed by atoms with Crippen LogP contribution in [0.25, 0.3) is 22.7 Å². The fourth-order valence-corrected chi connectivity index (χ4v) is 4.12. The van der Waals surface area contributed by atoms with Crippen molar-refractivity contribution in [3.8, 4) is 23.1 Å². The van der Waals surface area contributed by atoms with Gasteiger partial charge in [0.15, 0.2) is 17.1 Å². The Morgan fingerprint density at radius 1 is 1.13 bits per heavy atom. The van der Waals surface area contributed by atoms with Crippen molar-refractivity contribution in [1.29, 1.82) is 0 Å². The van der Waals surface area contributed by atoms with E-state index in [2.05, 4.69) is 25.5 Å². The maximum absolute atomic E-state index is 13.2. The highest BCUT2D eigenvalue weighted by Crippen LogP contribution is 2.35. The zero-order chi connectivity index (χ0) is 27.8. The van der Waals surface area contributed by atoms with Crippen LogP contribution in [-0.2, 0) is 0 Å². The van der Waals surface area contributed by atoms with Crippen LogP contribution in [0.2, 0.25) is 5.02 Å². The van der Waals surface area contributed by atoms with Gasteiger partial charge in [0.25, 0.3) is 17.2 Å². The van der Waals surface area contributed by atoms with Gasteiger partial charge in [-0.1, -0.05) is 17.7 Å². The summed E-state index contributed by atoms with van der Waals surface area (Å²) in [5.41, 5.74) is -0.00259. The highest BCUT2D eigenvalue weighted by Gasteiger charge is 2.26. The Balaban J connectivity index is 1.59. The van der Waals surface area contributed by atoms with E-state index in [9.17, 15) is 19.7 Å². The number of benzene rings is 2. The van der Waals surface area contributed by atoms with E-state index in [0.717, 1.165) is 6.07 Å². The van der Waals surface area contributed by atoms with Gasteiger partial charge in [-0.3, -0.25) is 24.7 Å². The minimum absolute atomic E-state index is 0.0264. The Kier molecular flexibility index (Phi) is 6.45. The molecule has 0 radical (unpaired) electrons. The molecule has 3 aromatic heterocycles. The van der Waals surface area contributed by atoms with Crippen LogP contribution < -0.4 is 20.3 Å². The zero-order valence-corrected chi connectivity index (χ0v) is 21.4. The second-order valence-electron chi connectivity index (χ2n) is 8.18. The summed E-state index contributed by atoms with van der Waals surface area (Å²) in [6, 6.07) is 10.7. The van der Waals surface area contributed by atoms with E-state index in [1.807, 2.05) is 0 Å². The number of carbonyl (C=O) groups is 1. The van der Waals surface area contributed by atoms with E-state index in [-0.39, 0.29) is 39.9 Å². The number of aryl methyl sites for hydroxylation is 1. The smallest absolute Gasteiger partial charge is 0.286 e. The Morgan fingerprint density at radius 3 is 2.56 bits per heavy atom. The molecular weight excluding hydrogens is 532 g/mol. The number of nitro benzene ring substituents is 1. The molecule has 14 nitrogen and oxygen atoms in total. The first-order valence-electron chi connectivity index (χ1n) is 11.2. The van der Waals surface area contributed by atoms with Gasteiger partial charge in [-0.2, -0.15) is 19.9 Å². The lowest BCUT2D eigenvalue weighted by Crippen LogP contribution is -2.20. The van der Waals surface area contributed by atoms with Crippen LogP contribution in [0.15, 0.2) is 53.5 Å². The van der Waals surface area contributed by atoms with Gasteiger partial charge in [-0.05, 0) is 25.1 Å². The Morgan fingerprint density at radius 2 is 1.87 bits per heavy atom. The molecule has 0 aliphatic heterocycles. The molecule has 0 saturated carbocycles. The molecule has 0 bridgehead atoms. The molecule has 0 aliphatic carbocycles. The number of rotatable bonds is 7. The normalized spacial score (nSPS) is 11.0. The van der Waals surface area contributed by atoms with Gasteiger partial charge in [0.2, 0.25) is 5.95 Å². The second kappa shape index (κ2) is 9.90. The lowest BCUT2D eigenvalue weighted by molar-refractivity contribution is -0.385. The fourth-order valence-electron chi connectivity index (χ4n) is 3.94. The Bertz CT molecular complexity index is 1830. The summed E-state index contributed by atoms with van der Waals surface area (Å²) in [5.74, 6) is -0.535. The molecule has 3 heterocycles. The summed E-state index contributed by atoms with van der Waals surface area (Å²) in [6.45, 7) is 1.66. The van der Waals surface area contributed by atoms with E-state index in [4.69, 9.17) is 21.1 Å². The maximum Gasteiger partial charge on any atom is 0.286 e. The number of fused-ring (bicyclic) bond motifs is 1. The Hall–Kier alpha value is -5.24. The van der Waals surface area contributed by atoms with E-state index in [1.165, 1.54) is 41.9 Å². The van der Waals surface area contributed by atoms with Gasteiger partial charge < -0.3 is 14.8 Å². The number of ether oxygens (including phenoxy) is 2. The van der Waals surface area contributed by atoms with Crippen molar-refractivity contribution < 1.29 is 19.2 Å². The number of amides is 1. The maximum atomic E-state index is 13.2. The molecular formula is C24H19ClN8O6. The predicted octanol–water partition coefficient (Wildman–Crippen LogP) is 3.43. The summed E-state index contributed by atoms with van der Waals surface area (Å²) in [4.78, 5) is 44.3. The van der Waals surface area contributed by atoms with Crippen molar-refractivity contribution in [2.75, 3.05) is 19.5 Å². The molecule has 15 heteroatoms. The second-order valence-corrected chi connectivity index (χ2v) is 8.62. The molecule has 2 N–H and O–H groups in total. The summed E-state index contributed by atoms with van der Waals surface area (Å²) in [6.07, 6.45) is 1.37. The van der Waals surface area contributed by atoms with Crippen LogP contribution in [0.4, 0.5) is 11.5 Å². The summed E-state index contributed by atoms with van der Waals surface area (Å²) in [7, 11) is 2.67. The molecule has 0 aliphatic rings. The number of anilines is 1. The average molecular weight is 551 g/mol. The number of nitro groups is 1. The largest absolute Gasteiger partial charge is 0.493 e. The lowest BCUT2D eigenvalue weighted by atomic mass is 10.1. The van der Waals surface area contributed by atoms with Gasteiger partial charge in [-0.15, -0.1) is 0 Å². The molecule has 0 fully saturated rings. The van der Waals surface area contributed by atoms with Gasteiger partial charge in [-0.25, -0.2) is 4.68 Å². The van der Waals surface area contributed by atoms with Crippen LogP contribution >= 0.6 is 11.6 Å². The van der Waals surface area contributed by atoms with Crippen LogP contribution in [0.5, 0.6) is 11.5 Å². The molecule has 0 saturated heterocycles.